The zero-order chi connectivity index (χ0) is 13.9. The minimum absolute atomic E-state index is 0.0290. The molecule has 6 heteroatoms. The molecule has 1 aliphatic rings. The van der Waals surface area contributed by atoms with Gasteiger partial charge in [-0.25, -0.2) is 9.37 Å². The van der Waals surface area contributed by atoms with E-state index in [1.165, 1.54) is 18.5 Å². The number of halogens is 1. The molecule has 1 aliphatic heterocycles. The van der Waals surface area contributed by atoms with Crippen molar-refractivity contribution < 1.29 is 13.9 Å². The lowest BCUT2D eigenvalue weighted by Crippen LogP contribution is -2.33. The molecule has 1 aromatic carbocycles. The summed E-state index contributed by atoms with van der Waals surface area (Å²) in [4.78, 5) is 18.9. The van der Waals surface area contributed by atoms with Gasteiger partial charge in [0.1, 0.15) is 5.82 Å². The quantitative estimate of drug-likeness (QED) is 0.900. The number of H-pyrrole nitrogens is 1. The van der Waals surface area contributed by atoms with Crippen LogP contribution >= 0.6 is 0 Å². The summed E-state index contributed by atoms with van der Waals surface area (Å²) < 4.78 is 19.2. The van der Waals surface area contributed by atoms with Gasteiger partial charge in [0.25, 0.3) is 5.91 Å². The fourth-order valence-electron chi connectivity index (χ4n) is 2.43. The Morgan fingerprint density at radius 3 is 3.25 bits per heavy atom. The molecule has 1 atom stereocenters. The van der Waals surface area contributed by atoms with Crippen molar-refractivity contribution in [3.05, 3.63) is 29.8 Å². The number of carbonyl (C=O) groups is 1. The van der Waals surface area contributed by atoms with E-state index in [2.05, 4.69) is 15.3 Å². The minimum Gasteiger partial charge on any atom is -0.381 e. The predicted octanol–water partition coefficient (Wildman–Crippen LogP) is 1.86. The van der Waals surface area contributed by atoms with Gasteiger partial charge in [-0.3, -0.25) is 4.79 Å². The average Bonchev–Trinajstić information content (AvgIpc) is 2.92. The van der Waals surface area contributed by atoms with Crippen molar-refractivity contribution in [1.29, 1.82) is 0 Å². The maximum absolute atomic E-state index is 13.9. The van der Waals surface area contributed by atoms with Crippen LogP contribution in [0.1, 0.15) is 23.2 Å². The standard InChI is InChI=1S/C14H16FN3O2/c15-11-5-13-12(17-8-18-13)4-10(11)14(19)16-6-9-2-1-3-20-7-9/h4-5,8-9H,1-3,6-7H2,(H,16,19)(H,17,18)/t9-/m0/s1. The molecule has 0 unspecified atom stereocenters. The molecule has 0 saturated carbocycles. The number of hydrogen-bond acceptors (Lipinski definition) is 3. The van der Waals surface area contributed by atoms with Crippen LogP contribution in [0, 0.1) is 11.7 Å². The van der Waals surface area contributed by atoms with Crippen LogP contribution in [0.2, 0.25) is 0 Å². The first-order valence-electron chi connectivity index (χ1n) is 6.72. The van der Waals surface area contributed by atoms with Crippen LogP contribution in [0.25, 0.3) is 11.0 Å². The van der Waals surface area contributed by atoms with Crippen molar-refractivity contribution in [2.24, 2.45) is 5.92 Å². The molecule has 0 radical (unpaired) electrons. The summed E-state index contributed by atoms with van der Waals surface area (Å²) in [6, 6.07) is 2.76. The highest BCUT2D eigenvalue weighted by molar-refractivity contribution is 5.97. The molecule has 2 aromatic rings. The Balaban J connectivity index is 1.69. The summed E-state index contributed by atoms with van der Waals surface area (Å²) in [5.74, 6) is -0.637. The zero-order valence-electron chi connectivity index (χ0n) is 11.0. The smallest absolute Gasteiger partial charge is 0.254 e. The number of ether oxygens (including phenoxy) is 1. The first-order chi connectivity index (χ1) is 9.74. The van der Waals surface area contributed by atoms with E-state index >= 15 is 0 Å². The molecule has 1 aromatic heterocycles. The number of aromatic amines is 1. The number of hydrogen-bond donors (Lipinski definition) is 2. The third-order valence-corrected chi connectivity index (χ3v) is 3.56. The molecule has 20 heavy (non-hydrogen) atoms. The minimum atomic E-state index is -0.542. The van der Waals surface area contributed by atoms with Gasteiger partial charge < -0.3 is 15.0 Å². The molecule has 1 amide bonds. The SMILES string of the molecule is O=C(NC[C@@H]1CCCOC1)c1cc2nc[nH]c2cc1F. The number of amides is 1. The van der Waals surface area contributed by atoms with Gasteiger partial charge in [-0.15, -0.1) is 0 Å². The third kappa shape index (κ3) is 2.65. The number of rotatable bonds is 3. The van der Waals surface area contributed by atoms with Crippen LogP contribution in [0.15, 0.2) is 18.5 Å². The Hall–Kier alpha value is -1.95. The molecule has 2 N–H and O–H groups in total. The Morgan fingerprint density at radius 1 is 1.55 bits per heavy atom. The number of imidazole rings is 1. The monoisotopic (exact) mass is 277 g/mol. The number of benzene rings is 1. The molecule has 2 heterocycles. The molecular weight excluding hydrogens is 261 g/mol. The lowest BCUT2D eigenvalue weighted by atomic mass is 10.0. The first-order valence-corrected chi connectivity index (χ1v) is 6.72. The number of fused-ring (bicyclic) bond motifs is 1. The molecule has 5 nitrogen and oxygen atoms in total. The van der Waals surface area contributed by atoms with Crippen molar-refractivity contribution in [1.82, 2.24) is 15.3 Å². The molecule has 3 rings (SSSR count). The van der Waals surface area contributed by atoms with Gasteiger partial charge in [-0.1, -0.05) is 0 Å². The number of aromatic nitrogens is 2. The summed E-state index contributed by atoms with van der Waals surface area (Å²) in [7, 11) is 0. The fourth-order valence-corrected chi connectivity index (χ4v) is 2.43. The van der Waals surface area contributed by atoms with Gasteiger partial charge in [-0.05, 0) is 24.8 Å². The Bertz CT molecular complexity index is 620. The molecule has 1 saturated heterocycles. The summed E-state index contributed by atoms with van der Waals surface area (Å²) in [5, 5.41) is 2.77. The molecule has 1 fully saturated rings. The van der Waals surface area contributed by atoms with Gasteiger partial charge in [0, 0.05) is 19.2 Å². The van der Waals surface area contributed by atoms with Crippen LogP contribution in [0.3, 0.4) is 0 Å². The second kappa shape index (κ2) is 5.58. The molecule has 106 valence electrons. The molecule has 0 aliphatic carbocycles. The molecular formula is C14H16FN3O2. The van der Waals surface area contributed by atoms with Crippen molar-refractivity contribution in [2.45, 2.75) is 12.8 Å². The lowest BCUT2D eigenvalue weighted by Gasteiger charge is -2.22. The number of nitrogens with zero attached hydrogens (tertiary/aromatic N) is 1. The van der Waals surface area contributed by atoms with E-state index in [9.17, 15) is 9.18 Å². The van der Waals surface area contributed by atoms with E-state index in [4.69, 9.17) is 4.74 Å². The molecule has 0 bridgehead atoms. The zero-order valence-corrected chi connectivity index (χ0v) is 11.0. The normalized spacial score (nSPS) is 19.1. The fraction of sp³-hybridized carbons (Fsp3) is 0.429. The van der Waals surface area contributed by atoms with Gasteiger partial charge in [0.2, 0.25) is 0 Å². The van der Waals surface area contributed by atoms with E-state index in [1.807, 2.05) is 0 Å². The van der Waals surface area contributed by atoms with Gasteiger partial charge >= 0.3 is 0 Å². The van der Waals surface area contributed by atoms with Gasteiger partial charge in [0.15, 0.2) is 0 Å². The van der Waals surface area contributed by atoms with Gasteiger partial charge in [0.05, 0.1) is 29.5 Å². The summed E-state index contributed by atoms with van der Waals surface area (Å²) in [6.45, 7) is 1.95. The summed E-state index contributed by atoms with van der Waals surface area (Å²) in [6.07, 6.45) is 3.51. The average molecular weight is 277 g/mol. The largest absolute Gasteiger partial charge is 0.381 e. The third-order valence-electron chi connectivity index (χ3n) is 3.56. The van der Waals surface area contributed by atoms with Crippen molar-refractivity contribution in [2.75, 3.05) is 19.8 Å². The highest BCUT2D eigenvalue weighted by Gasteiger charge is 2.18. The maximum Gasteiger partial charge on any atom is 0.254 e. The highest BCUT2D eigenvalue weighted by Crippen LogP contribution is 2.17. The van der Waals surface area contributed by atoms with Gasteiger partial charge in [-0.2, -0.15) is 0 Å². The van der Waals surface area contributed by atoms with E-state index in [0.717, 1.165) is 19.4 Å². The van der Waals surface area contributed by atoms with Crippen LogP contribution in [0.5, 0.6) is 0 Å². The topological polar surface area (TPSA) is 67.0 Å². The van der Waals surface area contributed by atoms with Crippen molar-refractivity contribution in [3.8, 4) is 0 Å². The predicted molar refractivity (Wildman–Crippen MR) is 71.9 cm³/mol. The summed E-state index contributed by atoms with van der Waals surface area (Å²) >= 11 is 0. The van der Waals surface area contributed by atoms with Crippen molar-refractivity contribution in [3.63, 3.8) is 0 Å². The van der Waals surface area contributed by atoms with E-state index in [-0.39, 0.29) is 5.56 Å². The van der Waals surface area contributed by atoms with E-state index < -0.39 is 11.7 Å². The molecule has 0 spiro atoms. The summed E-state index contributed by atoms with van der Waals surface area (Å²) in [5.41, 5.74) is 1.19. The number of nitrogens with one attached hydrogen (secondary N) is 2. The maximum atomic E-state index is 13.9. The Labute approximate surface area is 115 Å². The highest BCUT2D eigenvalue weighted by atomic mass is 19.1. The Morgan fingerprint density at radius 2 is 2.45 bits per heavy atom. The van der Waals surface area contributed by atoms with Crippen molar-refractivity contribution >= 4 is 16.9 Å². The van der Waals surface area contributed by atoms with Crippen LogP contribution < -0.4 is 5.32 Å². The Kier molecular flexibility index (Phi) is 3.64. The van der Waals surface area contributed by atoms with Crippen LogP contribution in [-0.2, 0) is 4.74 Å². The van der Waals surface area contributed by atoms with Crippen LogP contribution in [0.4, 0.5) is 4.39 Å². The second-order valence-corrected chi connectivity index (χ2v) is 5.04. The van der Waals surface area contributed by atoms with E-state index in [0.29, 0.717) is 30.1 Å². The second-order valence-electron chi connectivity index (χ2n) is 5.04. The number of carbonyl (C=O) groups excluding carboxylic acids is 1. The van der Waals surface area contributed by atoms with E-state index in [1.54, 1.807) is 0 Å². The first kappa shape index (κ1) is 13.1. The lowest BCUT2D eigenvalue weighted by molar-refractivity contribution is 0.0536. The van der Waals surface area contributed by atoms with Crippen LogP contribution in [-0.4, -0.2) is 35.6 Å².